The number of allylic oxidation sites excluding steroid dienone is 5. The Balaban J connectivity index is 3.45. The van der Waals surface area contributed by atoms with Crippen LogP contribution in [0.5, 0.6) is 0 Å². The van der Waals surface area contributed by atoms with Crippen LogP contribution in [0.3, 0.4) is 0 Å². The van der Waals surface area contributed by atoms with Crippen molar-refractivity contribution in [1.82, 2.24) is 5.32 Å². The number of hydrogen-bond donors (Lipinski definition) is 1. The van der Waals surface area contributed by atoms with E-state index in [0.717, 1.165) is 0 Å². The van der Waals surface area contributed by atoms with Gasteiger partial charge in [-0.05, 0) is 31.2 Å². The third-order valence-corrected chi connectivity index (χ3v) is 3.54. The summed E-state index contributed by atoms with van der Waals surface area (Å²) in [6.07, 6.45) is -0.598. The Morgan fingerprint density at radius 2 is 1.88 bits per heavy atom. The lowest BCUT2D eigenvalue weighted by Crippen LogP contribution is -2.28. The van der Waals surface area contributed by atoms with E-state index in [-0.39, 0.29) is 17.6 Å². The molecule has 0 atom stereocenters. The predicted octanol–water partition coefficient (Wildman–Crippen LogP) is 5.08. The summed E-state index contributed by atoms with van der Waals surface area (Å²) in [6.45, 7) is 3.11. The molecule has 0 saturated heterocycles. The summed E-state index contributed by atoms with van der Waals surface area (Å²) >= 11 is 3.16. The fourth-order valence-corrected chi connectivity index (χ4v) is 2.52. The van der Waals surface area contributed by atoms with Gasteiger partial charge in [0.05, 0.1) is 0 Å². The molecule has 0 unspecified atom stereocenters. The summed E-state index contributed by atoms with van der Waals surface area (Å²) in [6, 6.07) is 8.62. The Morgan fingerprint density at radius 1 is 1.25 bits per heavy atom. The number of Topliss-reactive ketones (excluding diaryl/α,β-unsaturated/α-hetero) is 1. The number of hydrogen-bond acceptors (Lipinski definition) is 2. The van der Waals surface area contributed by atoms with Gasteiger partial charge in [-0.1, -0.05) is 58.4 Å². The Bertz CT molecular complexity index is 646. The molecule has 0 radical (unpaired) electrons. The van der Waals surface area contributed by atoms with Crippen molar-refractivity contribution in [2.45, 2.75) is 26.4 Å². The van der Waals surface area contributed by atoms with Gasteiger partial charge in [-0.2, -0.15) is 13.2 Å². The Hall–Kier alpha value is -1.82. The maximum atomic E-state index is 13.5. The maximum absolute atomic E-state index is 13.5. The van der Waals surface area contributed by atoms with Crippen molar-refractivity contribution in [1.29, 1.82) is 0 Å². The quantitative estimate of drug-likeness (QED) is 0.509. The van der Waals surface area contributed by atoms with E-state index < -0.39 is 17.7 Å². The molecule has 0 aromatic heterocycles. The summed E-state index contributed by atoms with van der Waals surface area (Å²) in [5, 5.41) is 2.62. The van der Waals surface area contributed by atoms with Gasteiger partial charge in [0, 0.05) is 17.3 Å². The van der Waals surface area contributed by atoms with Crippen molar-refractivity contribution in [3.05, 3.63) is 71.1 Å². The summed E-state index contributed by atoms with van der Waals surface area (Å²) in [5.74, 6) is -0.623. The van der Waals surface area contributed by atoms with E-state index in [0.29, 0.717) is 10.9 Å². The topological polar surface area (TPSA) is 29.1 Å². The highest BCUT2D eigenvalue weighted by molar-refractivity contribution is 9.09. The van der Waals surface area contributed by atoms with Gasteiger partial charge < -0.3 is 5.32 Å². The van der Waals surface area contributed by atoms with Crippen LogP contribution in [-0.4, -0.2) is 17.3 Å². The largest absolute Gasteiger partial charge is 0.431 e. The van der Waals surface area contributed by atoms with Crippen LogP contribution in [0.4, 0.5) is 13.2 Å². The molecule has 0 aliphatic carbocycles. The molecule has 6 heteroatoms. The maximum Gasteiger partial charge on any atom is 0.431 e. The lowest BCUT2D eigenvalue weighted by molar-refractivity contribution is -0.115. The molecule has 0 saturated carbocycles. The van der Waals surface area contributed by atoms with Gasteiger partial charge >= 0.3 is 6.18 Å². The number of carbonyl (C=O) groups excluding carboxylic acids is 1. The van der Waals surface area contributed by atoms with Gasteiger partial charge in [0.25, 0.3) is 0 Å². The number of carbonyl (C=O) groups is 1. The van der Waals surface area contributed by atoms with Crippen molar-refractivity contribution in [3.63, 3.8) is 0 Å². The molecule has 1 rings (SSSR count). The van der Waals surface area contributed by atoms with E-state index in [2.05, 4.69) is 21.2 Å². The first kappa shape index (κ1) is 20.2. The lowest BCUT2D eigenvalue weighted by Gasteiger charge is -2.18. The molecule has 0 spiro atoms. The molecule has 0 fully saturated rings. The lowest BCUT2D eigenvalue weighted by atomic mass is 9.95. The predicted molar refractivity (Wildman–Crippen MR) is 93.7 cm³/mol. The highest BCUT2D eigenvalue weighted by Gasteiger charge is 2.38. The first-order valence-corrected chi connectivity index (χ1v) is 8.42. The molecule has 0 aliphatic heterocycles. The van der Waals surface area contributed by atoms with Crippen LogP contribution in [-0.2, 0) is 11.2 Å². The molecule has 1 aromatic carbocycles. The molecular formula is C18H19BrF3NO. The van der Waals surface area contributed by atoms with Gasteiger partial charge in [0.2, 0.25) is 0 Å². The summed E-state index contributed by atoms with van der Waals surface area (Å²) < 4.78 is 40.4. The van der Waals surface area contributed by atoms with Crippen molar-refractivity contribution in [2.24, 2.45) is 0 Å². The van der Waals surface area contributed by atoms with Gasteiger partial charge in [-0.3, -0.25) is 4.79 Å². The second kappa shape index (κ2) is 9.47. The van der Waals surface area contributed by atoms with E-state index >= 15 is 0 Å². The molecule has 2 nitrogen and oxygen atoms in total. The van der Waals surface area contributed by atoms with Crippen molar-refractivity contribution >= 4 is 21.7 Å². The molecule has 1 aromatic rings. The summed E-state index contributed by atoms with van der Waals surface area (Å²) in [5.41, 5.74) is -0.434. The van der Waals surface area contributed by atoms with E-state index in [1.165, 1.54) is 19.2 Å². The normalized spacial score (nSPS) is 13.8. The van der Waals surface area contributed by atoms with Crippen LogP contribution in [0.1, 0.15) is 19.4 Å². The van der Waals surface area contributed by atoms with Crippen LogP contribution < -0.4 is 5.32 Å². The Labute approximate surface area is 148 Å². The Morgan fingerprint density at radius 3 is 2.38 bits per heavy atom. The number of ketones is 1. The Kier molecular flexibility index (Phi) is 7.98. The molecule has 0 aliphatic rings. The first-order chi connectivity index (χ1) is 11.3. The number of benzene rings is 1. The fourth-order valence-electron chi connectivity index (χ4n) is 2.04. The molecular weight excluding hydrogens is 383 g/mol. The van der Waals surface area contributed by atoms with Crippen LogP contribution in [0.15, 0.2) is 65.5 Å². The van der Waals surface area contributed by atoms with Crippen molar-refractivity contribution < 1.29 is 18.0 Å². The van der Waals surface area contributed by atoms with Crippen LogP contribution in [0.25, 0.3) is 0 Å². The number of alkyl halides is 4. The van der Waals surface area contributed by atoms with E-state index in [1.54, 1.807) is 43.3 Å². The zero-order valence-corrected chi connectivity index (χ0v) is 15.0. The minimum atomic E-state index is -4.66. The third kappa shape index (κ3) is 6.00. The second-order valence-corrected chi connectivity index (χ2v) is 5.68. The van der Waals surface area contributed by atoms with Crippen LogP contribution >= 0.6 is 15.9 Å². The SMILES string of the molecule is C/C=C/NC(=C(Cc1ccccc1)C(=O)/C(C)=C/CBr)C(F)(F)F. The molecule has 1 N–H and O–H groups in total. The van der Waals surface area contributed by atoms with Gasteiger partial charge in [-0.15, -0.1) is 0 Å². The highest BCUT2D eigenvalue weighted by Crippen LogP contribution is 2.29. The zero-order chi connectivity index (χ0) is 18.2. The summed E-state index contributed by atoms with van der Waals surface area (Å²) in [4.78, 5) is 12.6. The van der Waals surface area contributed by atoms with Gasteiger partial charge in [0.15, 0.2) is 5.78 Å². The standard InChI is InChI=1S/C18H19BrF3NO/c1-3-11-23-17(18(20,21)22)15(16(24)13(2)9-10-19)12-14-7-5-4-6-8-14/h3-9,11,23H,10,12H2,1-2H3/b11-3+,13-9+,17-15?. The first-order valence-electron chi connectivity index (χ1n) is 7.30. The van der Waals surface area contributed by atoms with E-state index in [4.69, 9.17) is 0 Å². The highest BCUT2D eigenvalue weighted by atomic mass is 79.9. The van der Waals surface area contributed by atoms with Crippen molar-refractivity contribution in [3.8, 4) is 0 Å². The zero-order valence-electron chi connectivity index (χ0n) is 13.5. The van der Waals surface area contributed by atoms with E-state index in [9.17, 15) is 18.0 Å². The van der Waals surface area contributed by atoms with Gasteiger partial charge in [0.1, 0.15) is 5.70 Å². The third-order valence-electron chi connectivity index (χ3n) is 3.22. The van der Waals surface area contributed by atoms with Crippen LogP contribution in [0.2, 0.25) is 0 Å². The molecule has 24 heavy (non-hydrogen) atoms. The van der Waals surface area contributed by atoms with Crippen LogP contribution in [0, 0.1) is 0 Å². The molecule has 130 valence electrons. The molecule has 0 amide bonds. The van der Waals surface area contributed by atoms with Gasteiger partial charge in [-0.25, -0.2) is 0 Å². The number of halogens is 4. The smallest absolute Gasteiger partial charge is 0.358 e. The average Bonchev–Trinajstić information content (AvgIpc) is 2.53. The number of nitrogens with one attached hydrogen (secondary N) is 1. The average molecular weight is 402 g/mol. The minimum Gasteiger partial charge on any atom is -0.358 e. The van der Waals surface area contributed by atoms with Crippen molar-refractivity contribution in [2.75, 3.05) is 5.33 Å². The number of rotatable bonds is 7. The second-order valence-electron chi connectivity index (χ2n) is 5.03. The molecule has 0 heterocycles. The monoisotopic (exact) mass is 401 g/mol. The minimum absolute atomic E-state index is 0.105. The van der Waals surface area contributed by atoms with E-state index in [1.807, 2.05) is 0 Å². The summed E-state index contributed by atoms with van der Waals surface area (Å²) in [7, 11) is 0. The molecule has 0 bridgehead atoms. The fraction of sp³-hybridized carbons (Fsp3) is 0.278.